The molecule has 2 N–H and O–H groups in total. The first kappa shape index (κ1) is 8.57. The Morgan fingerprint density at radius 2 is 1.92 bits per heavy atom. The monoisotopic (exact) mass is 177 g/mol. The molecule has 2 rings (SSSR count). The first-order chi connectivity index (χ1) is 6.34. The molecule has 1 aliphatic rings. The number of para-hydroxylation sites is 1. The van der Waals surface area contributed by atoms with Crippen LogP contribution < -0.4 is 5.32 Å². The van der Waals surface area contributed by atoms with Gasteiger partial charge in [-0.15, -0.1) is 0 Å². The van der Waals surface area contributed by atoms with E-state index < -0.39 is 0 Å². The maximum absolute atomic E-state index is 9.09. The van der Waals surface area contributed by atoms with Crippen molar-refractivity contribution in [2.24, 2.45) is 5.92 Å². The fourth-order valence-corrected chi connectivity index (χ4v) is 1.69. The molecule has 2 nitrogen and oxygen atoms in total. The van der Waals surface area contributed by atoms with Crippen molar-refractivity contribution in [1.82, 2.24) is 0 Å². The Labute approximate surface area is 78.6 Å². The van der Waals surface area contributed by atoms with Crippen LogP contribution in [0.15, 0.2) is 30.3 Å². The molecule has 0 spiro atoms. The minimum atomic E-state index is -0.0393. The van der Waals surface area contributed by atoms with Crippen LogP contribution >= 0.6 is 0 Å². The minimum absolute atomic E-state index is 0.0393. The topological polar surface area (TPSA) is 32.3 Å². The number of anilines is 1. The van der Waals surface area contributed by atoms with Crippen molar-refractivity contribution in [3.63, 3.8) is 0 Å². The highest BCUT2D eigenvalue weighted by molar-refractivity contribution is 5.42. The molecule has 0 saturated heterocycles. The second-order valence-corrected chi connectivity index (χ2v) is 3.74. The summed E-state index contributed by atoms with van der Waals surface area (Å²) in [6.45, 7) is 0.987. The van der Waals surface area contributed by atoms with Crippen molar-refractivity contribution < 1.29 is 5.11 Å². The van der Waals surface area contributed by atoms with Crippen LogP contribution in [0.25, 0.3) is 0 Å². The summed E-state index contributed by atoms with van der Waals surface area (Å²) in [5.74, 6) is 0.662. The third-order valence-electron chi connectivity index (χ3n) is 2.58. The van der Waals surface area contributed by atoms with Crippen LogP contribution in [0.1, 0.15) is 12.8 Å². The number of nitrogens with one attached hydrogen (secondary N) is 1. The number of hydrogen-bond acceptors (Lipinski definition) is 2. The average molecular weight is 177 g/mol. The van der Waals surface area contributed by atoms with Crippen LogP contribution in [0, 0.1) is 5.92 Å². The molecule has 1 aromatic rings. The van der Waals surface area contributed by atoms with Gasteiger partial charge in [-0.2, -0.15) is 0 Å². The van der Waals surface area contributed by atoms with Gasteiger partial charge in [0.2, 0.25) is 0 Å². The van der Waals surface area contributed by atoms with E-state index in [0.717, 1.165) is 19.4 Å². The summed E-state index contributed by atoms with van der Waals surface area (Å²) in [5, 5.41) is 12.4. The second kappa shape index (κ2) is 3.79. The molecule has 13 heavy (non-hydrogen) atoms. The van der Waals surface area contributed by atoms with Crippen molar-refractivity contribution in [3.8, 4) is 0 Å². The fraction of sp³-hybridized carbons (Fsp3) is 0.455. The van der Waals surface area contributed by atoms with Gasteiger partial charge in [-0.25, -0.2) is 0 Å². The lowest BCUT2D eigenvalue weighted by molar-refractivity contribution is 0.0487. The summed E-state index contributed by atoms with van der Waals surface area (Å²) in [5.41, 5.74) is 1.17. The van der Waals surface area contributed by atoms with E-state index in [-0.39, 0.29) is 6.10 Å². The van der Waals surface area contributed by atoms with Crippen LogP contribution in [0.3, 0.4) is 0 Å². The van der Waals surface area contributed by atoms with E-state index in [1.807, 2.05) is 18.2 Å². The van der Waals surface area contributed by atoms with E-state index >= 15 is 0 Å². The number of aliphatic hydroxyl groups is 1. The first-order valence-electron chi connectivity index (χ1n) is 4.81. The zero-order chi connectivity index (χ0) is 9.10. The normalized spacial score (nSPS) is 26.5. The van der Waals surface area contributed by atoms with Crippen LogP contribution in [0.2, 0.25) is 0 Å². The number of aliphatic hydroxyl groups excluding tert-OH is 1. The molecule has 1 saturated carbocycles. The summed E-state index contributed by atoms with van der Waals surface area (Å²) in [7, 11) is 0. The van der Waals surface area contributed by atoms with E-state index in [1.54, 1.807) is 0 Å². The Morgan fingerprint density at radius 3 is 2.54 bits per heavy atom. The smallest absolute Gasteiger partial charge is 0.0546 e. The maximum atomic E-state index is 9.09. The van der Waals surface area contributed by atoms with Gasteiger partial charge in [-0.05, 0) is 30.9 Å². The molecule has 0 amide bonds. The Hall–Kier alpha value is -1.02. The largest absolute Gasteiger partial charge is 0.393 e. The first-order valence-corrected chi connectivity index (χ1v) is 4.81. The summed E-state index contributed by atoms with van der Waals surface area (Å²) in [4.78, 5) is 0. The molecule has 0 atom stereocenters. The zero-order valence-corrected chi connectivity index (χ0v) is 7.61. The Morgan fingerprint density at radius 1 is 1.23 bits per heavy atom. The number of rotatable bonds is 3. The molecular formula is C11H15NO. The highest BCUT2D eigenvalue weighted by atomic mass is 16.3. The van der Waals surface area contributed by atoms with Gasteiger partial charge in [0.15, 0.2) is 0 Å². The third-order valence-corrected chi connectivity index (χ3v) is 2.58. The molecule has 0 radical (unpaired) electrons. The van der Waals surface area contributed by atoms with E-state index in [2.05, 4.69) is 17.4 Å². The lowest BCUT2D eigenvalue weighted by Gasteiger charge is -2.31. The van der Waals surface area contributed by atoms with Gasteiger partial charge >= 0.3 is 0 Å². The lowest BCUT2D eigenvalue weighted by Crippen LogP contribution is -2.33. The van der Waals surface area contributed by atoms with Gasteiger partial charge < -0.3 is 10.4 Å². The highest BCUT2D eigenvalue weighted by Gasteiger charge is 2.26. The van der Waals surface area contributed by atoms with E-state index in [1.165, 1.54) is 5.69 Å². The highest BCUT2D eigenvalue weighted by Crippen LogP contribution is 2.27. The van der Waals surface area contributed by atoms with Crippen LogP contribution in [-0.2, 0) is 0 Å². The Kier molecular flexibility index (Phi) is 2.50. The predicted molar refractivity (Wildman–Crippen MR) is 53.7 cm³/mol. The summed E-state index contributed by atoms with van der Waals surface area (Å²) in [6.07, 6.45) is 1.88. The van der Waals surface area contributed by atoms with Gasteiger partial charge in [0, 0.05) is 12.2 Å². The SMILES string of the molecule is OC1CC(CNc2ccccc2)C1. The molecule has 2 heteroatoms. The molecule has 0 bridgehead atoms. The molecule has 0 unspecified atom stereocenters. The zero-order valence-electron chi connectivity index (χ0n) is 7.61. The Balaban J connectivity index is 1.74. The van der Waals surface area contributed by atoms with Gasteiger partial charge in [-0.3, -0.25) is 0 Å². The fourth-order valence-electron chi connectivity index (χ4n) is 1.69. The van der Waals surface area contributed by atoms with Crippen molar-refractivity contribution in [2.45, 2.75) is 18.9 Å². The van der Waals surface area contributed by atoms with Crippen molar-refractivity contribution in [3.05, 3.63) is 30.3 Å². The van der Waals surface area contributed by atoms with Gasteiger partial charge in [0.1, 0.15) is 0 Å². The van der Waals surface area contributed by atoms with Crippen molar-refractivity contribution in [1.29, 1.82) is 0 Å². The summed E-state index contributed by atoms with van der Waals surface area (Å²) >= 11 is 0. The molecule has 1 fully saturated rings. The van der Waals surface area contributed by atoms with Gasteiger partial charge in [0.05, 0.1) is 6.10 Å². The molecule has 70 valence electrons. The van der Waals surface area contributed by atoms with Crippen LogP contribution in [0.4, 0.5) is 5.69 Å². The number of hydrogen-bond donors (Lipinski definition) is 2. The third kappa shape index (κ3) is 2.22. The van der Waals surface area contributed by atoms with E-state index in [0.29, 0.717) is 5.92 Å². The van der Waals surface area contributed by atoms with Gasteiger partial charge in [-0.1, -0.05) is 18.2 Å². The standard InChI is InChI=1S/C11H15NO/c13-11-6-9(7-11)8-12-10-4-2-1-3-5-10/h1-5,9,11-13H,6-8H2. The van der Waals surface area contributed by atoms with Crippen LogP contribution in [-0.4, -0.2) is 17.8 Å². The molecule has 1 aliphatic carbocycles. The molecule has 0 heterocycles. The Bertz CT molecular complexity index is 254. The predicted octanol–water partition coefficient (Wildman–Crippen LogP) is 1.87. The van der Waals surface area contributed by atoms with Crippen molar-refractivity contribution >= 4 is 5.69 Å². The van der Waals surface area contributed by atoms with Crippen molar-refractivity contribution in [2.75, 3.05) is 11.9 Å². The molecular weight excluding hydrogens is 162 g/mol. The van der Waals surface area contributed by atoms with E-state index in [9.17, 15) is 0 Å². The van der Waals surface area contributed by atoms with E-state index in [4.69, 9.17) is 5.11 Å². The molecule has 0 aromatic heterocycles. The lowest BCUT2D eigenvalue weighted by atomic mass is 9.82. The van der Waals surface area contributed by atoms with Crippen LogP contribution in [0.5, 0.6) is 0 Å². The van der Waals surface area contributed by atoms with Gasteiger partial charge in [0.25, 0.3) is 0 Å². The molecule has 0 aliphatic heterocycles. The second-order valence-electron chi connectivity index (χ2n) is 3.74. The quantitative estimate of drug-likeness (QED) is 0.738. The average Bonchev–Trinajstić information content (AvgIpc) is 2.12. The minimum Gasteiger partial charge on any atom is -0.393 e. The maximum Gasteiger partial charge on any atom is 0.0546 e. The molecule has 1 aromatic carbocycles. The summed E-state index contributed by atoms with van der Waals surface area (Å²) < 4.78 is 0. The number of benzene rings is 1. The summed E-state index contributed by atoms with van der Waals surface area (Å²) in [6, 6.07) is 10.2.